The first-order valence-electron chi connectivity index (χ1n) is 7.87. The number of ketones is 1. The number of carbonyl (C=O) groups is 1. The standard InChI is InChI=1S/C21H17F2NO/c1-13(25)21(14-5-8-18(24)9-6-14)17-4-2-3-15(11-17)16-7-10-19(22)20(23)12-16/h2-12,21H,24H2,1H3. The van der Waals surface area contributed by atoms with E-state index in [1.54, 1.807) is 24.3 Å². The lowest BCUT2D eigenvalue weighted by molar-refractivity contribution is -0.117. The van der Waals surface area contributed by atoms with Crippen LogP contribution in [0.4, 0.5) is 14.5 Å². The van der Waals surface area contributed by atoms with Gasteiger partial charge in [-0.3, -0.25) is 4.79 Å². The highest BCUT2D eigenvalue weighted by Crippen LogP contribution is 2.30. The van der Waals surface area contributed by atoms with E-state index in [-0.39, 0.29) is 5.78 Å². The summed E-state index contributed by atoms with van der Waals surface area (Å²) in [6, 6.07) is 18.2. The summed E-state index contributed by atoms with van der Waals surface area (Å²) >= 11 is 0. The van der Waals surface area contributed by atoms with E-state index in [0.29, 0.717) is 11.3 Å². The van der Waals surface area contributed by atoms with Crippen molar-refractivity contribution in [3.8, 4) is 11.1 Å². The lowest BCUT2D eigenvalue weighted by Gasteiger charge is -2.16. The van der Waals surface area contributed by atoms with Gasteiger partial charge in [-0.05, 0) is 53.4 Å². The molecule has 25 heavy (non-hydrogen) atoms. The number of anilines is 1. The van der Waals surface area contributed by atoms with Crippen LogP contribution in [0, 0.1) is 11.6 Å². The number of hydrogen-bond donors (Lipinski definition) is 1. The summed E-state index contributed by atoms with van der Waals surface area (Å²) < 4.78 is 26.7. The molecule has 2 N–H and O–H groups in total. The van der Waals surface area contributed by atoms with Gasteiger partial charge in [-0.2, -0.15) is 0 Å². The molecule has 0 radical (unpaired) electrons. The van der Waals surface area contributed by atoms with E-state index in [4.69, 9.17) is 5.73 Å². The first kappa shape index (κ1) is 16.8. The molecule has 3 rings (SSSR count). The maximum Gasteiger partial charge on any atom is 0.159 e. The van der Waals surface area contributed by atoms with Gasteiger partial charge in [0.25, 0.3) is 0 Å². The molecule has 3 aromatic carbocycles. The summed E-state index contributed by atoms with van der Waals surface area (Å²) in [7, 11) is 0. The summed E-state index contributed by atoms with van der Waals surface area (Å²) in [5.41, 5.74) is 9.25. The van der Waals surface area contributed by atoms with E-state index in [2.05, 4.69) is 0 Å². The van der Waals surface area contributed by atoms with E-state index >= 15 is 0 Å². The van der Waals surface area contributed by atoms with Gasteiger partial charge in [-0.25, -0.2) is 8.78 Å². The molecule has 0 aromatic heterocycles. The average Bonchev–Trinajstić information content (AvgIpc) is 2.59. The van der Waals surface area contributed by atoms with E-state index in [0.717, 1.165) is 28.8 Å². The Morgan fingerprint density at radius 2 is 1.52 bits per heavy atom. The summed E-state index contributed by atoms with van der Waals surface area (Å²) in [5, 5.41) is 0. The molecule has 1 unspecified atom stereocenters. The number of Topliss-reactive ketones (excluding diaryl/α,β-unsaturated/α-hetero) is 1. The Morgan fingerprint density at radius 3 is 2.16 bits per heavy atom. The fourth-order valence-corrected chi connectivity index (χ4v) is 2.92. The van der Waals surface area contributed by atoms with Crippen LogP contribution < -0.4 is 5.73 Å². The van der Waals surface area contributed by atoms with Crippen LogP contribution >= 0.6 is 0 Å². The van der Waals surface area contributed by atoms with Crippen LogP contribution in [-0.2, 0) is 4.79 Å². The molecule has 2 nitrogen and oxygen atoms in total. The van der Waals surface area contributed by atoms with Gasteiger partial charge in [0, 0.05) is 5.69 Å². The monoisotopic (exact) mass is 337 g/mol. The molecular weight excluding hydrogens is 320 g/mol. The van der Waals surface area contributed by atoms with Gasteiger partial charge >= 0.3 is 0 Å². The minimum atomic E-state index is -0.899. The van der Waals surface area contributed by atoms with Gasteiger partial charge in [-0.1, -0.05) is 42.5 Å². The van der Waals surface area contributed by atoms with Crippen LogP contribution in [0.15, 0.2) is 66.7 Å². The van der Waals surface area contributed by atoms with Crippen LogP contribution in [0.5, 0.6) is 0 Å². The molecule has 0 heterocycles. The number of nitrogen functional groups attached to an aromatic ring is 1. The lowest BCUT2D eigenvalue weighted by atomic mass is 9.86. The van der Waals surface area contributed by atoms with Gasteiger partial charge in [0.2, 0.25) is 0 Å². The van der Waals surface area contributed by atoms with Crippen molar-refractivity contribution in [2.75, 3.05) is 5.73 Å². The second kappa shape index (κ2) is 6.85. The van der Waals surface area contributed by atoms with E-state index in [1.165, 1.54) is 13.0 Å². The summed E-state index contributed by atoms with van der Waals surface area (Å²) in [5.74, 6) is -2.23. The van der Waals surface area contributed by atoms with Crippen molar-refractivity contribution >= 4 is 11.5 Å². The molecule has 0 aliphatic rings. The Labute approximate surface area is 144 Å². The minimum absolute atomic E-state index is 0.00721. The highest BCUT2D eigenvalue weighted by molar-refractivity contribution is 5.87. The lowest BCUT2D eigenvalue weighted by Crippen LogP contribution is -2.10. The van der Waals surface area contributed by atoms with Gasteiger partial charge in [0.05, 0.1) is 5.92 Å². The fraction of sp³-hybridized carbons (Fsp3) is 0.0952. The molecule has 0 spiro atoms. The van der Waals surface area contributed by atoms with Gasteiger partial charge < -0.3 is 5.73 Å². The zero-order valence-electron chi connectivity index (χ0n) is 13.7. The Hall–Kier alpha value is -3.01. The summed E-state index contributed by atoms with van der Waals surface area (Å²) in [6.07, 6.45) is 0. The Bertz CT molecular complexity index is 919. The second-order valence-electron chi connectivity index (χ2n) is 5.96. The number of carbonyl (C=O) groups excluding carboxylic acids is 1. The maximum atomic E-state index is 13.5. The SMILES string of the molecule is CC(=O)C(c1ccc(N)cc1)c1cccc(-c2ccc(F)c(F)c2)c1. The molecule has 1 atom stereocenters. The highest BCUT2D eigenvalue weighted by atomic mass is 19.2. The van der Waals surface area contributed by atoms with Gasteiger partial charge in [0.15, 0.2) is 11.6 Å². The number of nitrogens with two attached hydrogens (primary N) is 1. The molecule has 0 aliphatic heterocycles. The van der Waals surface area contributed by atoms with Crippen LogP contribution in [0.3, 0.4) is 0 Å². The van der Waals surface area contributed by atoms with Crippen molar-refractivity contribution in [2.45, 2.75) is 12.8 Å². The Balaban J connectivity index is 2.05. The largest absolute Gasteiger partial charge is 0.399 e. The molecule has 126 valence electrons. The van der Waals surface area contributed by atoms with Gasteiger partial charge in [0.1, 0.15) is 5.78 Å². The third-order valence-corrected chi connectivity index (χ3v) is 4.15. The van der Waals surface area contributed by atoms with Crippen molar-refractivity contribution in [1.29, 1.82) is 0 Å². The fourth-order valence-electron chi connectivity index (χ4n) is 2.92. The molecule has 0 fully saturated rings. The minimum Gasteiger partial charge on any atom is -0.399 e. The maximum absolute atomic E-state index is 13.5. The first-order valence-corrected chi connectivity index (χ1v) is 7.87. The van der Waals surface area contributed by atoms with E-state index in [9.17, 15) is 13.6 Å². The smallest absolute Gasteiger partial charge is 0.159 e. The normalized spacial score (nSPS) is 12.0. The zero-order chi connectivity index (χ0) is 18.0. The van der Waals surface area contributed by atoms with E-state index in [1.807, 2.05) is 24.3 Å². The average molecular weight is 337 g/mol. The van der Waals surface area contributed by atoms with Crippen molar-refractivity contribution < 1.29 is 13.6 Å². The van der Waals surface area contributed by atoms with Crippen LogP contribution in [0.2, 0.25) is 0 Å². The topological polar surface area (TPSA) is 43.1 Å². The second-order valence-corrected chi connectivity index (χ2v) is 5.96. The predicted molar refractivity (Wildman–Crippen MR) is 95.2 cm³/mol. The molecule has 0 saturated heterocycles. The molecule has 4 heteroatoms. The van der Waals surface area contributed by atoms with Crippen molar-refractivity contribution in [1.82, 2.24) is 0 Å². The van der Waals surface area contributed by atoms with E-state index < -0.39 is 17.6 Å². The summed E-state index contributed by atoms with van der Waals surface area (Å²) in [6.45, 7) is 1.53. The molecule has 3 aromatic rings. The molecule has 0 saturated carbocycles. The first-order chi connectivity index (χ1) is 12.0. The number of hydrogen-bond acceptors (Lipinski definition) is 2. The van der Waals surface area contributed by atoms with Crippen LogP contribution in [0.1, 0.15) is 24.0 Å². The quantitative estimate of drug-likeness (QED) is 0.686. The van der Waals surface area contributed by atoms with Crippen LogP contribution in [0.25, 0.3) is 11.1 Å². The molecule has 0 amide bonds. The Kier molecular flexibility index (Phi) is 4.61. The van der Waals surface area contributed by atoms with Crippen molar-refractivity contribution in [2.24, 2.45) is 0 Å². The molecule has 0 aliphatic carbocycles. The van der Waals surface area contributed by atoms with Crippen molar-refractivity contribution in [3.05, 3.63) is 89.5 Å². The van der Waals surface area contributed by atoms with Crippen LogP contribution in [-0.4, -0.2) is 5.78 Å². The highest BCUT2D eigenvalue weighted by Gasteiger charge is 2.19. The molecule has 0 bridgehead atoms. The number of halogens is 2. The van der Waals surface area contributed by atoms with Gasteiger partial charge in [-0.15, -0.1) is 0 Å². The summed E-state index contributed by atoms with van der Waals surface area (Å²) in [4.78, 5) is 12.2. The third kappa shape index (κ3) is 3.58. The van der Waals surface area contributed by atoms with Crippen molar-refractivity contribution in [3.63, 3.8) is 0 Å². The number of benzene rings is 3. The predicted octanol–water partition coefficient (Wildman–Crippen LogP) is 4.93. The number of rotatable bonds is 4. The Morgan fingerprint density at radius 1 is 0.840 bits per heavy atom. The third-order valence-electron chi connectivity index (χ3n) is 4.15. The zero-order valence-corrected chi connectivity index (χ0v) is 13.7. The molecular formula is C21H17F2NO.